The van der Waals surface area contributed by atoms with E-state index in [9.17, 15) is 17.6 Å². The number of benzene rings is 1. The van der Waals surface area contributed by atoms with E-state index in [-0.39, 0.29) is 4.90 Å². The molecule has 0 saturated carbocycles. The van der Waals surface area contributed by atoms with Crippen LogP contribution in [0.4, 0.5) is 9.52 Å². The molecule has 0 unspecified atom stereocenters. The second-order valence-electron chi connectivity index (χ2n) is 5.40. The highest BCUT2D eigenvalue weighted by atomic mass is 35.5. The van der Waals surface area contributed by atoms with Crippen molar-refractivity contribution in [3.8, 4) is 10.6 Å². The van der Waals surface area contributed by atoms with Crippen LogP contribution >= 0.6 is 34.3 Å². The predicted molar refractivity (Wildman–Crippen MR) is 105 cm³/mol. The molecule has 11 heteroatoms. The highest BCUT2D eigenvalue weighted by Gasteiger charge is 2.23. The van der Waals surface area contributed by atoms with Crippen molar-refractivity contribution < 1.29 is 17.6 Å². The first-order valence-corrected chi connectivity index (χ1v) is 11.0. The first kappa shape index (κ1) is 19.9. The summed E-state index contributed by atoms with van der Waals surface area (Å²) in [7, 11) is -2.63. The van der Waals surface area contributed by atoms with Crippen LogP contribution < -0.4 is 5.32 Å². The molecule has 0 radical (unpaired) electrons. The SMILES string of the molecule is CN(CC(=O)Nc1nc(-c2ccc(Cl)s2)cs1)S(=O)(=O)c1ccc(F)cc1. The van der Waals surface area contributed by atoms with Crippen molar-refractivity contribution in [1.29, 1.82) is 0 Å². The molecule has 0 saturated heterocycles. The lowest BCUT2D eigenvalue weighted by atomic mass is 10.4. The average Bonchev–Trinajstić information content (AvgIpc) is 3.24. The van der Waals surface area contributed by atoms with Gasteiger partial charge in [0.2, 0.25) is 15.9 Å². The molecule has 0 aliphatic rings. The van der Waals surface area contributed by atoms with E-state index in [4.69, 9.17) is 11.6 Å². The van der Waals surface area contributed by atoms with E-state index in [1.54, 1.807) is 11.4 Å². The van der Waals surface area contributed by atoms with Gasteiger partial charge in [0, 0.05) is 12.4 Å². The molecule has 0 aliphatic carbocycles. The number of rotatable bonds is 6. The number of halogens is 2. The van der Waals surface area contributed by atoms with Gasteiger partial charge in [0.25, 0.3) is 0 Å². The van der Waals surface area contributed by atoms with Gasteiger partial charge in [-0.2, -0.15) is 4.31 Å². The van der Waals surface area contributed by atoms with Crippen LogP contribution in [-0.2, 0) is 14.8 Å². The molecular formula is C16H13ClFN3O3S3. The van der Waals surface area contributed by atoms with Gasteiger partial charge in [0.15, 0.2) is 5.13 Å². The smallest absolute Gasteiger partial charge is 0.243 e. The van der Waals surface area contributed by atoms with Gasteiger partial charge in [0.05, 0.1) is 26.3 Å². The largest absolute Gasteiger partial charge is 0.301 e. The van der Waals surface area contributed by atoms with Crippen LogP contribution in [0, 0.1) is 5.82 Å². The van der Waals surface area contributed by atoms with E-state index in [0.717, 1.165) is 33.4 Å². The van der Waals surface area contributed by atoms with Crippen LogP contribution in [0.2, 0.25) is 4.34 Å². The fourth-order valence-corrected chi connectivity index (χ4v) is 5.06. The molecule has 142 valence electrons. The zero-order valence-electron chi connectivity index (χ0n) is 13.8. The van der Waals surface area contributed by atoms with Crippen molar-refractivity contribution in [2.45, 2.75) is 4.90 Å². The fraction of sp³-hybridized carbons (Fsp3) is 0.125. The van der Waals surface area contributed by atoms with Crippen LogP contribution in [0.3, 0.4) is 0 Å². The third kappa shape index (κ3) is 4.71. The highest BCUT2D eigenvalue weighted by molar-refractivity contribution is 7.89. The molecule has 1 N–H and O–H groups in total. The Morgan fingerprint density at radius 1 is 1.26 bits per heavy atom. The number of sulfonamides is 1. The van der Waals surface area contributed by atoms with Crippen molar-refractivity contribution in [2.24, 2.45) is 0 Å². The standard InChI is InChI=1S/C16H13ClFN3O3S3/c1-21(27(23,24)11-4-2-10(18)3-5-11)8-15(22)20-16-19-12(9-25-16)13-6-7-14(17)26-13/h2-7,9H,8H2,1H3,(H,19,20,22). The third-order valence-corrected chi connectivity index (χ3v) is 7.29. The Kier molecular flexibility index (Phi) is 5.92. The number of amides is 1. The van der Waals surface area contributed by atoms with Crippen LogP contribution in [0.15, 0.2) is 46.7 Å². The zero-order chi connectivity index (χ0) is 19.6. The van der Waals surface area contributed by atoms with Gasteiger partial charge in [0.1, 0.15) is 5.82 Å². The average molecular weight is 446 g/mol. The number of nitrogens with one attached hydrogen (secondary N) is 1. The molecule has 2 aromatic heterocycles. The van der Waals surface area contributed by atoms with Crippen LogP contribution in [0.1, 0.15) is 0 Å². The molecule has 0 fully saturated rings. The molecule has 2 heterocycles. The van der Waals surface area contributed by atoms with Crippen molar-refractivity contribution in [3.05, 3.63) is 51.9 Å². The van der Waals surface area contributed by atoms with Gasteiger partial charge in [-0.1, -0.05) is 11.6 Å². The summed E-state index contributed by atoms with van der Waals surface area (Å²) in [4.78, 5) is 17.3. The zero-order valence-corrected chi connectivity index (χ0v) is 17.1. The molecule has 1 amide bonds. The number of hydrogen-bond acceptors (Lipinski definition) is 6. The van der Waals surface area contributed by atoms with E-state index in [1.807, 2.05) is 6.07 Å². The van der Waals surface area contributed by atoms with Crippen LogP contribution in [0.5, 0.6) is 0 Å². The maximum atomic E-state index is 13.0. The van der Waals surface area contributed by atoms with Crippen LogP contribution in [-0.4, -0.2) is 37.2 Å². The number of carbonyl (C=O) groups is 1. The van der Waals surface area contributed by atoms with Gasteiger partial charge in [-0.3, -0.25) is 4.79 Å². The molecule has 27 heavy (non-hydrogen) atoms. The summed E-state index contributed by atoms with van der Waals surface area (Å²) in [5, 5.41) is 4.70. The maximum Gasteiger partial charge on any atom is 0.243 e. The topological polar surface area (TPSA) is 79.4 Å². The van der Waals surface area contributed by atoms with Gasteiger partial charge in [-0.05, 0) is 36.4 Å². The number of nitrogens with zero attached hydrogens (tertiary/aromatic N) is 2. The Morgan fingerprint density at radius 2 is 1.96 bits per heavy atom. The van der Waals surface area contributed by atoms with Crippen molar-refractivity contribution in [2.75, 3.05) is 18.9 Å². The second-order valence-corrected chi connectivity index (χ2v) is 10.0. The molecule has 6 nitrogen and oxygen atoms in total. The fourth-order valence-electron chi connectivity index (χ4n) is 2.13. The number of hydrogen-bond donors (Lipinski definition) is 1. The molecule has 0 aliphatic heterocycles. The Labute approximate surface area is 168 Å². The number of thiophene rings is 1. The Hall–Kier alpha value is -1.85. The first-order chi connectivity index (χ1) is 12.8. The Morgan fingerprint density at radius 3 is 2.59 bits per heavy atom. The molecule has 3 rings (SSSR count). The number of carbonyl (C=O) groups excluding carboxylic acids is 1. The summed E-state index contributed by atoms with van der Waals surface area (Å²) < 4.78 is 39.3. The molecule has 0 spiro atoms. The van der Waals surface area contributed by atoms with Crippen molar-refractivity contribution >= 4 is 55.3 Å². The minimum absolute atomic E-state index is 0.0923. The summed E-state index contributed by atoms with van der Waals surface area (Å²) in [5.41, 5.74) is 0.680. The van der Waals surface area contributed by atoms with E-state index in [2.05, 4.69) is 10.3 Å². The third-order valence-electron chi connectivity index (χ3n) is 3.46. The van der Waals surface area contributed by atoms with E-state index >= 15 is 0 Å². The van der Waals surface area contributed by atoms with Gasteiger partial charge in [-0.15, -0.1) is 22.7 Å². The summed E-state index contributed by atoms with van der Waals surface area (Å²) >= 11 is 8.50. The summed E-state index contributed by atoms with van der Waals surface area (Å²) in [6.07, 6.45) is 0. The first-order valence-electron chi connectivity index (χ1n) is 7.49. The minimum Gasteiger partial charge on any atom is -0.301 e. The number of aromatic nitrogens is 1. The normalized spacial score (nSPS) is 11.7. The maximum absolute atomic E-state index is 13.0. The lowest BCUT2D eigenvalue weighted by molar-refractivity contribution is -0.116. The van der Waals surface area contributed by atoms with Gasteiger partial charge in [-0.25, -0.2) is 17.8 Å². The molecule has 3 aromatic rings. The Balaban J connectivity index is 1.65. The van der Waals surface area contributed by atoms with Gasteiger partial charge >= 0.3 is 0 Å². The predicted octanol–water partition coefficient (Wildman–Crippen LogP) is 3.92. The lowest BCUT2D eigenvalue weighted by Crippen LogP contribution is -2.34. The molecule has 0 atom stereocenters. The van der Waals surface area contributed by atoms with Gasteiger partial charge < -0.3 is 5.32 Å². The quantitative estimate of drug-likeness (QED) is 0.623. The molecular weight excluding hydrogens is 433 g/mol. The van der Waals surface area contributed by atoms with E-state index in [1.165, 1.54) is 29.7 Å². The number of likely N-dealkylation sites (N-methyl/N-ethyl adjacent to an activating group) is 1. The van der Waals surface area contributed by atoms with Crippen molar-refractivity contribution in [3.63, 3.8) is 0 Å². The number of thiazole rings is 1. The summed E-state index contributed by atoms with van der Waals surface area (Å²) in [6.45, 7) is -0.403. The lowest BCUT2D eigenvalue weighted by Gasteiger charge is -2.16. The minimum atomic E-state index is -3.90. The number of anilines is 1. The Bertz CT molecular complexity index is 1060. The molecule has 0 bridgehead atoms. The monoisotopic (exact) mass is 445 g/mol. The molecule has 1 aromatic carbocycles. The summed E-state index contributed by atoms with van der Waals surface area (Å²) in [5.74, 6) is -1.07. The van der Waals surface area contributed by atoms with Crippen LogP contribution in [0.25, 0.3) is 10.6 Å². The second kappa shape index (κ2) is 8.03. The highest BCUT2D eigenvalue weighted by Crippen LogP contribution is 2.32. The van der Waals surface area contributed by atoms with E-state index < -0.39 is 28.3 Å². The van der Waals surface area contributed by atoms with E-state index in [0.29, 0.717) is 15.2 Å². The van der Waals surface area contributed by atoms with Crippen molar-refractivity contribution in [1.82, 2.24) is 9.29 Å². The summed E-state index contributed by atoms with van der Waals surface area (Å²) in [6, 6.07) is 7.99.